The van der Waals surface area contributed by atoms with Crippen LogP contribution in [0.25, 0.3) is 0 Å². The Hall–Kier alpha value is -0.0400. The van der Waals surface area contributed by atoms with Crippen LogP contribution in [0.15, 0.2) is 0 Å². The van der Waals surface area contributed by atoms with Crippen LogP contribution >= 0.6 is 0 Å². The summed E-state index contributed by atoms with van der Waals surface area (Å²) in [6.07, 6.45) is 5.86. The molecular weight excluding hydrogens is 146 g/mol. The normalized spacial score (nSPS) is 41.8. The lowest BCUT2D eigenvalue weighted by molar-refractivity contribution is 0.203. The minimum atomic E-state index is 0.881. The van der Waals surface area contributed by atoms with E-state index in [-0.39, 0.29) is 0 Å². The standard InChI is InChI=1S/C11H21N/c1-8(2)10-4-3-9-5-6-12-11(9)7-10/h8-12H,3-7H2,1-2H3. The molecule has 0 radical (unpaired) electrons. The minimum Gasteiger partial charge on any atom is -0.314 e. The summed E-state index contributed by atoms with van der Waals surface area (Å²) in [5.41, 5.74) is 0. The van der Waals surface area contributed by atoms with Gasteiger partial charge >= 0.3 is 0 Å². The Kier molecular flexibility index (Phi) is 2.40. The summed E-state index contributed by atoms with van der Waals surface area (Å²) in [6.45, 7) is 6.03. The quantitative estimate of drug-likeness (QED) is 0.632. The summed E-state index contributed by atoms with van der Waals surface area (Å²) < 4.78 is 0. The van der Waals surface area contributed by atoms with Crippen LogP contribution in [0.4, 0.5) is 0 Å². The lowest BCUT2D eigenvalue weighted by Gasteiger charge is -2.33. The summed E-state index contributed by atoms with van der Waals surface area (Å²) in [4.78, 5) is 0. The fraction of sp³-hybridized carbons (Fsp3) is 1.00. The zero-order valence-corrected chi connectivity index (χ0v) is 8.34. The Morgan fingerprint density at radius 1 is 1.17 bits per heavy atom. The maximum absolute atomic E-state index is 3.64. The highest BCUT2D eigenvalue weighted by atomic mass is 15.0. The topological polar surface area (TPSA) is 12.0 Å². The van der Waals surface area contributed by atoms with Crippen molar-refractivity contribution in [3.8, 4) is 0 Å². The second-order valence-corrected chi connectivity index (χ2v) is 4.93. The van der Waals surface area contributed by atoms with E-state index in [1.807, 2.05) is 0 Å². The van der Waals surface area contributed by atoms with Gasteiger partial charge in [-0.25, -0.2) is 0 Å². The highest BCUT2D eigenvalue weighted by molar-refractivity contribution is 4.90. The van der Waals surface area contributed by atoms with E-state index in [0.717, 1.165) is 23.8 Å². The Balaban J connectivity index is 1.92. The molecule has 2 rings (SSSR count). The fourth-order valence-electron chi connectivity index (χ4n) is 2.92. The van der Waals surface area contributed by atoms with Gasteiger partial charge in [-0.1, -0.05) is 13.8 Å². The lowest BCUT2D eigenvalue weighted by atomic mass is 9.75. The van der Waals surface area contributed by atoms with Crippen LogP contribution in [0, 0.1) is 17.8 Å². The van der Waals surface area contributed by atoms with Gasteiger partial charge in [0.25, 0.3) is 0 Å². The molecule has 0 bridgehead atoms. The molecule has 0 amide bonds. The van der Waals surface area contributed by atoms with E-state index in [0.29, 0.717) is 0 Å². The Morgan fingerprint density at radius 3 is 2.75 bits per heavy atom. The fourth-order valence-corrected chi connectivity index (χ4v) is 2.92. The summed E-state index contributed by atoms with van der Waals surface area (Å²) >= 11 is 0. The lowest BCUT2D eigenvalue weighted by Crippen LogP contribution is -2.35. The molecule has 0 aromatic carbocycles. The Morgan fingerprint density at radius 2 is 2.00 bits per heavy atom. The van der Waals surface area contributed by atoms with Gasteiger partial charge in [0.15, 0.2) is 0 Å². The van der Waals surface area contributed by atoms with Gasteiger partial charge in [-0.15, -0.1) is 0 Å². The second-order valence-electron chi connectivity index (χ2n) is 4.93. The largest absolute Gasteiger partial charge is 0.314 e. The van der Waals surface area contributed by atoms with Crippen molar-refractivity contribution >= 4 is 0 Å². The molecule has 12 heavy (non-hydrogen) atoms. The minimum absolute atomic E-state index is 0.881. The first-order valence-corrected chi connectivity index (χ1v) is 5.50. The maximum atomic E-state index is 3.64. The Bertz CT molecular complexity index is 153. The Labute approximate surface area is 75.9 Å². The van der Waals surface area contributed by atoms with Crippen molar-refractivity contribution < 1.29 is 0 Å². The zero-order chi connectivity index (χ0) is 8.55. The van der Waals surface area contributed by atoms with Crippen molar-refractivity contribution in [2.24, 2.45) is 17.8 Å². The van der Waals surface area contributed by atoms with Crippen molar-refractivity contribution in [3.05, 3.63) is 0 Å². The molecule has 3 atom stereocenters. The van der Waals surface area contributed by atoms with E-state index in [9.17, 15) is 0 Å². The molecule has 1 aliphatic heterocycles. The van der Waals surface area contributed by atoms with Crippen molar-refractivity contribution in [3.63, 3.8) is 0 Å². The molecule has 2 aliphatic rings. The van der Waals surface area contributed by atoms with Crippen LogP contribution in [-0.2, 0) is 0 Å². The number of hydrogen-bond acceptors (Lipinski definition) is 1. The number of hydrogen-bond donors (Lipinski definition) is 1. The number of nitrogens with one attached hydrogen (secondary N) is 1. The molecule has 1 N–H and O–H groups in total. The molecule has 1 heterocycles. The third-order valence-corrected chi connectivity index (χ3v) is 3.90. The van der Waals surface area contributed by atoms with Gasteiger partial charge in [0.05, 0.1) is 0 Å². The summed E-state index contributed by atoms with van der Waals surface area (Å²) in [5, 5.41) is 3.64. The molecule has 0 spiro atoms. The molecule has 1 aliphatic carbocycles. The van der Waals surface area contributed by atoms with Crippen molar-refractivity contribution in [2.45, 2.75) is 45.6 Å². The van der Waals surface area contributed by atoms with Gasteiger partial charge in [-0.3, -0.25) is 0 Å². The van der Waals surface area contributed by atoms with Crippen LogP contribution in [-0.4, -0.2) is 12.6 Å². The van der Waals surface area contributed by atoms with Crippen LogP contribution in [0.2, 0.25) is 0 Å². The highest BCUT2D eigenvalue weighted by Crippen LogP contribution is 2.37. The molecule has 1 saturated carbocycles. The zero-order valence-electron chi connectivity index (χ0n) is 8.34. The molecular formula is C11H21N. The molecule has 0 aromatic heterocycles. The monoisotopic (exact) mass is 167 g/mol. The first kappa shape index (κ1) is 8.55. The first-order valence-electron chi connectivity index (χ1n) is 5.50. The predicted octanol–water partition coefficient (Wildman–Crippen LogP) is 2.42. The van der Waals surface area contributed by atoms with Gasteiger partial charge in [-0.05, 0) is 50.0 Å². The highest BCUT2D eigenvalue weighted by Gasteiger charge is 2.34. The molecule has 1 heteroatoms. The molecule has 3 unspecified atom stereocenters. The van der Waals surface area contributed by atoms with E-state index in [1.165, 1.54) is 32.2 Å². The van der Waals surface area contributed by atoms with E-state index in [2.05, 4.69) is 19.2 Å². The average molecular weight is 167 g/mol. The number of rotatable bonds is 1. The maximum Gasteiger partial charge on any atom is 0.00985 e. The predicted molar refractivity (Wildman–Crippen MR) is 52.1 cm³/mol. The summed E-state index contributed by atoms with van der Waals surface area (Å²) in [6, 6.07) is 0.881. The van der Waals surface area contributed by atoms with Crippen molar-refractivity contribution in [1.82, 2.24) is 5.32 Å². The van der Waals surface area contributed by atoms with Crippen LogP contribution in [0.3, 0.4) is 0 Å². The van der Waals surface area contributed by atoms with E-state index in [4.69, 9.17) is 0 Å². The van der Waals surface area contributed by atoms with E-state index >= 15 is 0 Å². The van der Waals surface area contributed by atoms with Gasteiger partial charge in [0.1, 0.15) is 0 Å². The van der Waals surface area contributed by atoms with E-state index in [1.54, 1.807) is 0 Å². The van der Waals surface area contributed by atoms with Gasteiger partial charge in [-0.2, -0.15) is 0 Å². The third-order valence-electron chi connectivity index (χ3n) is 3.90. The van der Waals surface area contributed by atoms with Crippen LogP contribution < -0.4 is 5.32 Å². The molecule has 0 aromatic rings. The average Bonchev–Trinajstić information content (AvgIpc) is 2.49. The molecule has 1 nitrogen and oxygen atoms in total. The molecule has 2 fully saturated rings. The third kappa shape index (κ3) is 1.52. The van der Waals surface area contributed by atoms with Gasteiger partial charge in [0.2, 0.25) is 0 Å². The summed E-state index contributed by atoms with van der Waals surface area (Å²) in [7, 11) is 0. The van der Waals surface area contributed by atoms with Crippen molar-refractivity contribution in [2.75, 3.05) is 6.54 Å². The smallest absolute Gasteiger partial charge is 0.00985 e. The molecule has 70 valence electrons. The molecule has 1 saturated heterocycles. The second kappa shape index (κ2) is 3.37. The summed E-state index contributed by atoms with van der Waals surface area (Å²) in [5.74, 6) is 2.92. The van der Waals surface area contributed by atoms with E-state index < -0.39 is 0 Å². The van der Waals surface area contributed by atoms with Crippen LogP contribution in [0.5, 0.6) is 0 Å². The van der Waals surface area contributed by atoms with Crippen LogP contribution in [0.1, 0.15) is 39.5 Å². The first-order chi connectivity index (χ1) is 5.77. The number of fused-ring (bicyclic) bond motifs is 1. The van der Waals surface area contributed by atoms with Crippen molar-refractivity contribution in [1.29, 1.82) is 0 Å². The SMILES string of the molecule is CC(C)C1CCC2CCNC2C1. The van der Waals surface area contributed by atoms with Gasteiger partial charge in [0, 0.05) is 6.04 Å². The van der Waals surface area contributed by atoms with Gasteiger partial charge < -0.3 is 5.32 Å².